The van der Waals surface area contributed by atoms with E-state index in [9.17, 15) is 18.3 Å². The molecule has 1 fully saturated rings. The van der Waals surface area contributed by atoms with E-state index in [0.29, 0.717) is 18.3 Å². The molecule has 0 amide bonds. The molecule has 1 N–H and O–H groups in total. The minimum Gasteiger partial charge on any atom is -0.492 e. The number of likely N-dealkylation sites (tertiary alicyclic amines) is 1. The molecule has 2 atom stereocenters. The lowest BCUT2D eigenvalue weighted by molar-refractivity contribution is -0.274. The van der Waals surface area contributed by atoms with Crippen molar-refractivity contribution >= 4 is 0 Å². The third-order valence-electron chi connectivity index (χ3n) is 3.96. The predicted molar refractivity (Wildman–Crippen MR) is 79.5 cm³/mol. The lowest BCUT2D eigenvalue weighted by Gasteiger charge is -2.33. The third-order valence-corrected chi connectivity index (χ3v) is 3.96. The molecule has 1 aliphatic rings. The van der Waals surface area contributed by atoms with Gasteiger partial charge in [-0.2, -0.15) is 0 Å². The zero-order valence-electron chi connectivity index (χ0n) is 13.1. The molecule has 130 valence electrons. The van der Waals surface area contributed by atoms with Crippen LogP contribution in [0.3, 0.4) is 0 Å². The van der Waals surface area contributed by atoms with Crippen LogP contribution < -0.4 is 9.47 Å². The van der Waals surface area contributed by atoms with Crippen LogP contribution in [0.1, 0.15) is 19.8 Å². The fourth-order valence-electron chi connectivity index (χ4n) is 2.72. The molecule has 1 aliphatic heterocycles. The molecule has 2 unspecified atom stereocenters. The number of halogens is 3. The van der Waals surface area contributed by atoms with Crippen molar-refractivity contribution in [3.8, 4) is 11.5 Å². The summed E-state index contributed by atoms with van der Waals surface area (Å²) in [4.78, 5) is 2.24. The van der Waals surface area contributed by atoms with Crippen molar-refractivity contribution in [3.63, 3.8) is 0 Å². The van der Waals surface area contributed by atoms with Gasteiger partial charge in [-0.3, -0.25) is 4.90 Å². The number of ether oxygens (including phenoxy) is 2. The molecular weight excluding hydrogens is 311 g/mol. The second kappa shape index (κ2) is 7.88. The summed E-state index contributed by atoms with van der Waals surface area (Å²) in [5, 5.41) is 9.66. The maximum Gasteiger partial charge on any atom is 0.573 e. The van der Waals surface area contributed by atoms with Gasteiger partial charge in [-0.25, -0.2) is 0 Å². The van der Waals surface area contributed by atoms with Gasteiger partial charge in [-0.1, -0.05) is 0 Å². The SMILES string of the molecule is CC(O)C1CCCN(CCOc2ccc(OC(F)(F)F)cc2)C1. The van der Waals surface area contributed by atoms with Gasteiger partial charge < -0.3 is 14.6 Å². The molecule has 0 aliphatic carbocycles. The van der Waals surface area contributed by atoms with Crippen LogP contribution in [-0.4, -0.2) is 48.7 Å². The Labute approximate surface area is 133 Å². The molecule has 0 spiro atoms. The largest absolute Gasteiger partial charge is 0.573 e. The maximum absolute atomic E-state index is 12.1. The molecule has 2 rings (SSSR count). The highest BCUT2D eigenvalue weighted by Gasteiger charge is 2.31. The molecule has 1 heterocycles. The number of benzene rings is 1. The average Bonchev–Trinajstić information content (AvgIpc) is 2.48. The van der Waals surface area contributed by atoms with Crippen LogP contribution in [0.25, 0.3) is 0 Å². The molecule has 0 aromatic heterocycles. The first-order valence-electron chi connectivity index (χ1n) is 7.72. The number of hydrogen-bond donors (Lipinski definition) is 1. The van der Waals surface area contributed by atoms with Crippen LogP contribution in [0.4, 0.5) is 13.2 Å². The van der Waals surface area contributed by atoms with E-state index < -0.39 is 6.36 Å². The Kier molecular flexibility index (Phi) is 6.12. The molecule has 1 aromatic carbocycles. The Morgan fingerprint density at radius 1 is 1.26 bits per heavy atom. The molecule has 0 bridgehead atoms. The Morgan fingerprint density at radius 2 is 1.91 bits per heavy atom. The van der Waals surface area contributed by atoms with E-state index in [1.54, 1.807) is 0 Å². The van der Waals surface area contributed by atoms with Crippen LogP contribution >= 0.6 is 0 Å². The van der Waals surface area contributed by atoms with Crippen LogP contribution in [0.15, 0.2) is 24.3 Å². The summed E-state index contributed by atoms with van der Waals surface area (Å²) in [6.07, 6.45) is -2.90. The van der Waals surface area contributed by atoms with Crippen LogP contribution in [0.5, 0.6) is 11.5 Å². The summed E-state index contributed by atoms with van der Waals surface area (Å²) in [6.45, 7) is 4.82. The van der Waals surface area contributed by atoms with Crippen molar-refractivity contribution in [2.75, 3.05) is 26.2 Å². The summed E-state index contributed by atoms with van der Waals surface area (Å²) in [5.74, 6) is 0.534. The predicted octanol–water partition coefficient (Wildman–Crippen LogP) is 3.06. The highest BCUT2D eigenvalue weighted by atomic mass is 19.4. The van der Waals surface area contributed by atoms with E-state index in [-0.39, 0.29) is 11.9 Å². The van der Waals surface area contributed by atoms with Gasteiger partial charge in [0.1, 0.15) is 18.1 Å². The first-order valence-corrected chi connectivity index (χ1v) is 7.72. The molecule has 4 nitrogen and oxygen atoms in total. The zero-order chi connectivity index (χ0) is 16.9. The van der Waals surface area contributed by atoms with Gasteiger partial charge in [0.15, 0.2) is 0 Å². The first-order chi connectivity index (χ1) is 10.8. The fraction of sp³-hybridized carbons (Fsp3) is 0.625. The maximum atomic E-state index is 12.1. The standard InChI is InChI=1S/C16H22F3NO3/c1-12(21)13-3-2-8-20(11-13)9-10-22-14-4-6-15(7-5-14)23-16(17,18)19/h4-7,12-13,21H,2-3,8-11H2,1H3. The van der Waals surface area contributed by atoms with Crippen molar-refractivity contribution in [2.45, 2.75) is 32.2 Å². The van der Waals surface area contributed by atoms with Crippen molar-refractivity contribution in [2.24, 2.45) is 5.92 Å². The lowest BCUT2D eigenvalue weighted by atomic mass is 9.93. The van der Waals surface area contributed by atoms with Gasteiger partial charge in [0.2, 0.25) is 0 Å². The molecule has 0 saturated carbocycles. The lowest BCUT2D eigenvalue weighted by Crippen LogP contribution is -2.41. The number of rotatable bonds is 6. The number of piperidine rings is 1. The Hall–Kier alpha value is -1.47. The molecule has 1 saturated heterocycles. The number of aliphatic hydroxyl groups is 1. The van der Waals surface area contributed by atoms with E-state index >= 15 is 0 Å². The summed E-state index contributed by atoms with van der Waals surface area (Å²) < 4.78 is 45.5. The van der Waals surface area contributed by atoms with Crippen LogP contribution in [0, 0.1) is 5.92 Å². The Balaban J connectivity index is 1.74. The van der Waals surface area contributed by atoms with Crippen molar-refractivity contribution in [3.05, 3.63) is 24.3 Å². The van der Waals surface area contributed by atoms with Crippen molar-refractivity contribution in [1.29, 1.82) is 0 Å². The van der Waals surface area contributed by atoms with E-state index in [0.717, 1.165) is 32.5 Å². The zero-order valence-corrected chi connectivity index (χ0v) is 13.1. The second-order valence-corrected chi connectivity index (χ2v) is 5.81. The van der Waals surface area contributed by atoms with Crippen LogP contribution in [0.2, 0.25) is 0 Å². The van der Waals surface area contributed by atoms with E-state index in [1.807, 2.05) is 6.92 Å². The first kappa shape index (κ1) is 17.9. The molecule has 1 aromatic rings. The Bertz CT molecular complexity index is 476. The van der Waals surface area contributed by atoms with Gasteiger partial charge in [0, 0.05) is 13.1 Å². The topological polar surface area (TPSA) is 41.9 Å². The van der Waals surface area contributed by atoms with Gasteiger partial charge in [-0.15, -0.1) is 13.2 Å². The molecule has 7 heteroatoms. The second-order valence-electron chi connectivity index (χ2n) is 5.81. The van der Waals surface area contributed by atoms with Gasteiger partial charge >= 0.3 is 6.36 Å². The summed E-state index contributed by atoms with van der Waals surface area (Å²) in [6, 6.07) is 5.37. The summed E-state index contributed by atoms with van der Waals surface area (Å²) in [7, 11) is 0. The van der Waals surface area contributed by atoms with E-state index in [4.69, 9.17) is 4.74 Å². The normalized spacial score (nSPS) is 21.0. The molecule has 23 heavy (non-hydrogen) atoms. The van der Waals surface area contributed by atoms with E-state index in [2.05, 4.69) is 9.64 Å². The van der Waals surface area contributed by atoms with Gasteiger partial charge in [0.25, 0.3) is 0 Å². The number of aliphatic hydroxyl groups excluding tert-OH is 1. The van der Waals surface area contributed by atoms with Crippen molar-refractivity contribution < 1.29 is 27.8 Å². The fourth-order valence-corrected chi connectivity index (χ4v) is 2.72. The van der Waals surface area contributed by atoms with Gasteiger partial charge in [-0.05, 0) is 56.5 Å². The minimum atomic E-state index is -4.68. The highest BCUT2D eigenvalue weighted by molar-refractivity contribution is 5.31. The number of hydrogen-bond acceptors (Lipinski definition) is 4. The number of nitrogens with zero attached hydrogens (tertiary/aromatic N) is 1. The third kappa shape index (κ3) is 6.27. The van der Waals surface area contributed by atoms with Gasteiger partial charge in [0.05, 0.1) is 6.10 Å². The number of alkyl halides is 3. The average molecular weight is 333 g/mol. The van der Waals surface area contributed by atoms with E-state index in [1.165, 1.54) is 24.3 Å². The minimum absolute atomic E-state index is 0.263. The monoisotopic (exact) mass is 333 g/mol. The smallest absolute Gasteiger partial charge is 0.492 e. The Morgan fingerprint density at radius 3 is 2.52 bits per heavy atom. The van der Waals surface area contributed by atoms with Crippen molar-refractivity contribution in [1.82, 2.24) is 4.90 Å². The quantitative estimate of drug-likeness (QED) is 0.869. The highest BCUT2D eigenvalue weighted by Crippen LogP contribution is 2.25. The molecular formula is C16H22F3NO3. The summed E-state index contributed by atoms with van der Waals surface area (Å²) >= 11 is 0. The summed E-state index contributed by atoms with van der Waals surface area (Å²) in [5.41, 5.74) is 0. The van der Waals surface area contributed by atoms with Crippen LogP contribution in [-0.2, 0) is 0 Å². The molecule has 0 radical (unpaired) electrons.